The third kappa shape index (κ3) is 4.76. The zero-order chi connectivity index (χ0) is 18.2. The average Bonchev–Trinajstić information content (AvgIpc) is 3.29. The van der Waals surface area contributed by atoms with Gasteiger partial charge in [0.15, 0.2) is 0 Å². The van der Waals surface area contributed by atoms with E-state index in [4.69, 9.17) is 4.74 Å². The van der Waals surface area contributed by atoms with Crippen LogP contribution >= 0.6 is 15.9 Å². The minimum atomic E-state index is -0.839. The van der Waals surface area contributed by atoms with Crippen molar-refractivity contribution in [3.05, 3.63) is 34.3 Å². The summed E-state index contributed by atoms with van der Waals surface area (Å²) in [5, 5.41) is 10.3. The smallest absolute Gasteiger partial charge is 0.410 e. The van der Waals surface area contributed by atoms with Gasteiger partial charge in [-0.1, -0.05) is 40.9 Å². The van der Waals surface area contributed by atoms with E-state index in [-0.39, 0.29) is 12.1 Å². The Kier molecular flexibility index (Phi) is 5.18. The van der Waals surface area contributed by atoms with E-state index in [0.717, 1.165) is 22.9 Å². The summed E-state index contributed by atoms with van der Waals surface area (Å²) in [5.74, 6) is 0.644. The number of halogens is 1. The van der Waals surface area contributed by atoms with Crippen molar-refractivity contribution >= 4 is 22.0 Å². The Labute approximate surface area is 158 Å². The molecule has 1 aliphatic carbocycles. The van der Waals surface area contributed by atoms with Crippen LogP contribution in [0.5, 0.6) is 0 Å². The van der Waals surface area contributed by atoms with Crippen LogP contribution in [0.4, 0.5) is 4.79 Å². The van der Waals surface area contributed by atoms with Gasteiger partial charge in [0.1, 0.15) is 5.60 Å². The van der Waals surface area contributed by atoms with Gasteiger partial charge in [-0.3, -0.25) is 0 Å². The fourth-order valence-electron chi connectivity index (χ4n) is 3.96. The van der Waals surface area contributed by atoms with Crippen LogP contribution in [0.25, 0.3) is 0 Å². The Balaban J connectivity index is 1.73. The molecule has 2 fully saturated rings. The molecule has 4 nitrogen and oxygen atoms in total. The van der Waals surface area contributed by atoms with Crippen LogP contribution in [-0.4, -0.2) is 33.8 Å². The molecule has 138 valence electrons. The summed E-state index contributed by atoms with van der Waals surface area (Å²) >= 11 is 3.45. The Hall–Kier alpha value is -1.07. The highest BCUT2D eigenvalue weighted by Crippen LogP contribution is 2.45. The molecular formula is C20H28BrNO3. The molecule has 1 aromatic rings. The van der Waals surface area contributed by atoms with Gasteiger partial charge in [-0.2, -0.15) is 0 Å². The molecule has 25 heavy (non-hydrogen) atoms. The number of rotatable bonds is 6. The number of nitrogens with zero attached hydrogens (tertiary/aromatic N) is 1. The van der Waals surface area contributed by atoms with Crippen molar-refractivity contribution in [1.29, 1.82) is 0 Å². The summed E-state index contributed by atoms with van der Waals surface area (Å²) in [4.78, 5) is 14.6. The van der Waals surface area contributed by atoms with E-state index in [1.54, 1.807) is 18.7 Å². The zero-order valence-electron chi connectivity index (χ0n) is 15.3. The third-order valence-electron chi connectivity index (χ3n) is 5.28. The molecule has 2 atom stereocenters. The summed E-state index contributed by atoms with van der Waals surface area (Å²) < 4.78 is 7.02. The molecule has 2 aliphatic rings. The van der Waals surface area contributed by atoms with E-state index in [0.29, 0.717) is 18.9 Å². The Bertz CT molecular complexity index is 621. The maximum Gasteiger partial charge on any atom is 0.410 e. The molecule has 5 heteroatoms. The summed E-state index contributed by atoms with van der Waals surface area (Å²) in [5.41, 5.74) is -0.265. The summed E-state index contributed by atoms with van der Waals surface area (Å²) in [6.45, 7) is 6.30. The summed E-state index contributed by atoms with van der Waals surface area (Å²) in [7, 11) is 0. The lowest BCUT2D eigenvalue weighted by atomic mass is 9.81. The minimum Gasteiger partial charge on any atom is -0.443 e. The highest BCUT2D eigenvalue weighted by Gasteiger charge is 2.47. The molecule has 0 bridgehead atoms. The van der Waals surface area contributed by atoms with Crippen LogP contribution < -0.4 is 0 Å². The first-order valence-corrected chi connectivity index (χ1v) is 9.94. The Morgan fingerprint density at radius 1 is 1.36 bits per heavy atom. The fraction of sp³-hybridized carbons (Fsp3) is 0.650. The summed E-state index contributed by atoms with van der Waals surface area (Å²) in [6, 6.07) is 8.02. The van der Waals surface area contributed by atoms with Crippen molar-refractivity contribution in [1.82, 2.24) is 4.90 Å². The van der Waals surface area contributed by atoms with Crippen LogP contribution in [0, 0.1) is 5.92 Å². The second-order valence-electron chi connectivity index (χ2n) is 8.36. The number of cyclic esters (lactones) is 1. The van der Waals surface area contributed by atoms with Gasteiger partial charge in [-0.05, 0) is 50.8 Å². The van der Waals surface area contributed by atoms with E-state index < -0.39 is 11.2 Å². The first-order chi connectivity index (χ1) is 11.7. The molecule has 1 heterocycles. The normalized spacial score (nSPS) is 25.6. The molecule has 1 amide bonds. The van der Waals surface area contributed by atoms with Gasteiger partial charge in [0, 0.05) is 23.9 Å². The number of ether oxygens (including phenoxy) is 1. The number of hydrogen-bond donors (Lipinski definition) is 1. The number of benzene rings is 1. The molecular weight excluding hydrogens is 382 g/mol. The highest BCUT2D eigenvalue weighted by molar-refractivity contribution is 9.10. The average molecular weight is 410 g/mol. The quantitative estimate of drug-likeness (QED) is 0.714. The first-order valence-electron chi connectivity index (χ1n) is 9.15. The molecule has 0 aromatic heterocycles. The monoisotopic (exact) mass is 409 g/mol. The topological polar surface area (TPSA) is 49.8 Å². The van der Waals surface area contributed by atoms with Gasteiger partial charge < -0.3 is 14.7 Å². The van der Waals surface area contributed by atoms with Crippen molar-refractivity contribution < 1.29 is 14.6 Å². The Morgan fingerprint density at radius 2 is 2.00 bits per heavy atom. The standard InChI is InChI=1S/C20H28BrNO3/c1-14(16-6-8-17(21)9-7-16)22-11-10-20(25-18(22)23,12-15-4-5-15)13-19(2,3)24/h6-9,14-15,24H,4-5,10-13H2,1-3H3/t14-,20?/m0/s1. The zero-order valence-corrected chi connectivity index (χ0v) is 16.9. The van der Waals surface area contributed by atoms with Crippen molar-refractivity contribution in [2.75, 3.05) is 6.54 Å². The maximum atomic E-state index is 12.8. The summed E-state index contributed by atoms with van der Waals surface area (Å²) in [6.07, 6.45) is 4.33. The number of carbonyl (C=O) groups is 1. The van der Waals surface area contributed by atoms with Crippen molar-refractivity contribution in [3.63, 3.8) is 0 Å². The molecule has 3 rings (SSSR count). The van der Waals surface area contributed by atoms with E-state index in [1.165, 1.54) is 12.8 Å². The molecule has 1 unspecified atom stereocenters. The SMILES string of the molecule is C[C@@H](c1ccc(Br)cc1)N1CCC(CC2CC2)(CC(C)(C)O)OC1=O. The van der Waals surface area contributed by atoms with Crippen LogP contribution in [0.2, 0.25) is 0 Å². The predicted octanol–water partition coefficient (Wildman–Crippen LogP) is 5.05. The molecule has 1 aromatic carbocycles. The largest absolute Gasteiger partial charge is 0.443 e. The number of aliphatic hydroxyl groups is 1. The lowest BCUT2D eigenvalue weighted by Crippen LogP contribution is -2.53. The van der Waals surface area contributed by atoms with E-state index >= 15 is 0 Å². The third-order valence-corrected chi connectivity index (χ3v) is 5.81. The van der Waals surface area contributed by atoms with Crippen molar-refractivity contribution in [3.8, 4) is 0 Å². The molecule has 1 aliphatic heterocycles. The van der Waals surface area contributed by atoms with E-state index in [9.17, 15) is 9.90 Å². The number of amides is 1. The van der Waals surface area contributed by atoms with E-state index in [1.807, 2.05) is 31.2 Å². The molecule has 0 spiro atoms. The maximum absolute atomic E-state index is 12.8. The van der Waals surface area contributed by atoms with Gasteiger partial charge in [-0.25, -0.2) is 4.79 Å². The van der Waals surface area contributed by atoms with Gasteiger partial charge in [0.2, 0.25) is 0 Å². The molecule has 0 radical (unpaired) electrons. The molecule has 1 saturated heterocycles. The highest BCUT2D eigenvalue weighted by atomic mass is 79.9. The van der Waals surface area contributed by atoms with Gasteiger partial charge in [-0.15, -0.1) is 0 Å². The first kappa shape index (κ1) is 18.7. The van der Waals surface area contributed by atoms with Crippen molar-refractivity contribution in [2.24, 2.45) is 5.92 Å². The van der Waals surface area contributed by atoms with Crippen LogP contribution in [0.3, 0.4) is 0 Å². The minimum absolute atomic E-state index is 0.0262. The molecule has 1 N–H and O–H groups in total. The number of carbonyl (C=O) groups excluding carboxylic acids is 1. The van der Waals surface area contributed by atoms with Crippen molar-refractivity contribution in [2.45, 2.75) is 70.1 Å². The number of hydrogen-bond acceptors (Lipinski definition) is 3. The second kappa shape index (κ2) is 6.92. The fourth-order valence-corrected chi connectivity index (χ4v) is 4.22. The van der Waals surface area contributed by atoms with Crippen LogP contribution in [0.1, 0.15) is 64.5 Å². The van der Waals surface area contributed by atoms with E-state index in [2.05, 4.69) is 15.9 Å². The lowest BCUT2D eigenvalue weighted by molar-refractivity contribution is -0.102. The van der Waals surface area contributed by atoms with Gasteiger partial charge in [0.05, 0.1) is 11.6 Å². The lowest BCUT2D eigenvalue weighted by Gasteiger charge is -2.45. The van der Waals surface area contributed by atoms with Gasteiger partial charge >= 0.3 is 6.09 Å². The van der Waals surface area contributed by atoms with Gasteiger partial charge in [0.25, 0.3) is 0 Å². The van der Waals surface area contributed by atoms with Crippen LogP contribution in [-0.2, 0) is 4.74 Å². The Morgan fingerprint density at radius 3 is 2.52 bits per heavy atom. The molecule has 1 saturated carbocycles. The van der Waals surface area contributed by atoms with Crippen LogP contribution in [0.15, 0.2) is 28.7 Å². The second-order valence-corrected chi connectivity index (χ2v) is 9.27. The predicted molar refractivity (Wildman–Crippen MR) is 101 cm³/mol.